The van der Waals surface area contributed by atoms with Crippen molar-refractivity contribution in [1.29, 1.82) is 5.26 Å². The Balaban J connectivity index is 2.01. The molecule has 1 aromatic carbocycles. The molecule has 0 bridgehead atoms. The van der Waals surface area contributed by atoms with Crippen molar-refractivity contribution >= 4 is 11.6 Å². The van der Waals surface area contributed by atoms with E-state index in [-0.39, 0.29) is 17.3 Å². The number of nitriles is 1. The lowest BCUT2D eigenvalue weighted by Crippen LogP contribution is -2.35. The van der Waals surface area contributed by atoms with Crippen LogP contribution in [0.15, 0.2) is 36.0 Å². The summed E-state index contributed by atoms with van der Waals surface area (Å²) in [5.74, 6) is -0.549. The van der Waals surface area contributed by atoms with Crippen molar-refractivity contribution in [3.05, 3.63) is 41.6 Å². The predicted octanol–water partition coefficient (Wildman–Crippen LogP) is 6.31. The summed E-state index contributed by atoms with van der Waals surface area (Å²) in [7, 11) is 0. The minimum Gasteiger partial charge on any atom is -0.360 e. The van der Waals surface area contributed by atoms with Gasteiger partial charge in [0.25, 0.3) is 5.91 Å². The third-order valence-electron chi connectivity index (χ3n) is 5.41. The molecule has 0 aromatic heterocycles. The fraction of sp³-hybridized carbons (Fsp3) is 0.565. The molecule has 4 nitrogen and oxygen atoms in total. The molecule has 2 N–H and O–H groups in total. The van der Waals surface area contributed by atoms with Crippen molar-refractivity contribution < 1.29 is 18.0 Å². The molecule has 30 heavy (non-hydrogen) atoms. The van der Waals surface area contributed by atoms with Gasteiger partial charge in [0.2, 0.25) is 0 Å². The predicted molar refractivity (Wildman–Crippen MR) is 111 cm³/mol. The molecule has 1 fully saturated rings. The van der Waals surface area contributed by atoms with Gasteiger partial charge in [0.1, 0.15) is 11.6 Å². The van der Waals surface area contributed by atoms with Crippen LogP contribution in [0, 0.1) is 11.3 Å². The summed E-state index contributed by atoms with van der Waals surface area (Å²) < 4.78 is 39.3. The van der Waals surface area contributed by atoms with E-state index in [1.54, 1.807) is 6.07 Å². The van der Waals surface area contributed by atoms with Crippen LogP contribution in [0.1, 0.15) is 76.2 Å². The summed E-state index contributed by atoms with van der Waals surface area (Å²) >= 11 is 0. The van der Waals surface area contributed by atoms with E-state index in [9.17, 15) is 23.2 Å². The minimum absolute atomic E-state index is 0.0175. The van der Waals surface area contributed by atoms with Crippen LogP contribution in [0.2, 0.25) is 0 Å². The summed E-state index contributed by atoms with van der Waals surface area (Å²) in [5, 5.41) is 14.7. The molecular weight excluding hydrogens is 391 g/mol. The van der Waals surface area contributed by atoms with Crippen molar-refractivity contribution in [2.24, 2.45) is 0 Å². The lowest BCUT2D eigenvalue weighted by Gasteiger charge is -2.19. The minimum atomic E-state index is -4.53. The average molecular weight is 422 g/mol. The molecule has 0 spiro atoms. The van der Waals surface area contributed by atoms with Gasteiger partial charge in [0, 0.05) is 12.2 Å². The first-order valence-corrected chi connectivity index (χ1v) is 10.8. The number of nitrogens with one attached hydrogen (secondary N) is 2. The number of anilines is 1. The molecule has 2 rings (SSSR count). The fourth-order valence-corrected chi connectivity index (χ4v) is 3.73. The molecule has 164 valence electrons. The van der Waals surface area contributed by atoms with Gasteiger partial charge in [-0.05, 0) is 25.0 Å². The second-order valence-electron chi connectivity index (χ2n) is 7.79. The summed E-state index contributed by atoms with van der Waals surface area (Å²) in [6, 6.07) is 6.74. The molecule has 1 amide bonds. The quantitative estimate of drug-likeness (QED) is 0.442. The molecule has 0 radical (unpaired) electrons. The highest BCUT2D eigenvalue weighted by atomic mass is 19.4. The Morgan fingerprint density at radius 2 is 1.50 bits per heavy atom. The van der Waals surface area contributed by atoms with E-state index in [1.807, 2.05) is 0 Å². The Morgan fingerprint density at radius 1 is 0.967 bits per heavy atom. The third-order valence-corrected chi connectivity index (χ3v) is 5.41. The zero-order valence-corrected chi connectivity index (χ0v) is 17.2. The first-order valence-electron chi connectivity index (χ1n) is 10.8. The van der Waals surface area contributed by atoms with E-state index in [4.69, 9.17) is 0 Å². The van der Waals surface area contributed by atoms with Crippen molar-refractivity contribution in [3.63, 3.8) is 0 Å². The first kappa shape index (κ1) is 23.8. The number of alkyl halides is 3. The molecule has 1 saturated carbocycles. The molecule has 1 aliphatic rings. The van der Waals surface area contributed by atoms with E-state index in [0.29, 0.717) is 0 Å². The second-order valence-corrected chi connectivity index (χ2v) is 7.79. The van der Waals surface area contributed by atoms with Crippen LogP contribution >= 0.6 is 0 Å². The molecule has 0 atom stereocenters. The number of rotatable bonds is 4. The monoisotopic (exact) mass is 421 g/mol. The first-order chi connectivity index (χ1) is 14.4. The Kier molecular flexibility index (Phi) is 9.72. The summed E-state index contributed by atoms with van der Waals surface area (Å²) in [6.45, 7) is 0. The number of hydrogen-bond donors (Lipinski definition) is 2. The highest BCUT2D eigenvalue weighted by Gasteiger charge is 2.33. The van der Waals surface area contributed by atoms with Gasteiger partial charge in [-0.1, -0.05) is 69.9 Å². The van der Waals surface area contributed by atoms with Crippen molar-refractivity contribution in [1.82, 2.24) is 5.32 Å². The van der Waals surface area contributed by atoms with E-state index in [2.05, 4.69) is 10.6 Å². The lowest BCUT2D eigenvalue weighted by molar-refractivity contribution is -0.136. The van der Waals surface area contributed by atoms with Gasteiger partial charge >= 0.3 is 6.18 Å². The standard InChI is InChI=1S/C23H30F3N3O/c24-23(25,26)20-14-10-11-15-21(20)28-17-18(16-27)22(30)29-19-12-8-6-4-2-1-3-5-7-9-13-19/h10-11,14-15,17,19,28H,1-9,12-13H2,(H,29,30)/b18-17-. The van der Waals surface area contributed by atoms with E-state index in [0.717, 1.165) is 50.8 Å². The number of carbonyl (C=O) groups excluding carboxylic acids is 1. The largest absolute Gasteiger partial charge is 0.418 e. The molecular formula is C23H30F3N3O. The van der Waals surface area contributed by atoms with Gasteiger partial charge in [-0.2, -0.15) is 18.4 Å². The second kappa shape index (κ2) is 12.3. The number of nitrogens with zero attached hydrogens (tertiary/aromatic N) is 1. The lowest BCUT2D eigenvalue weighted by atomic mass is 9.98. The fourth-order valence-electron chi connectivity index (χ4n) is 3.73. The zero-order valence-electron chi connectivity index (χ0n) is 17.2. The number of carbonyl (C=O) groups is 1. The summed E-state index contributed by atoms with van der Waals surface area (Å²) in [4.78, 5) is 12.6. The molecule has 1 aromatic rings. The van der Waals surface area contributed by atoms with Gasteiger partial charge in [0.05, 0.1) is 11.3 Å². The number of amides is 1. The maximum Gasteiger partial charge on any atom is 0.418 e. The van der Waals surface area contributed by atoms with Crippen molar-refractivity contribution in [3.8, 4) is 6.07 Å². The number of para-hydroxylation sites is 1. The van der Waals surface area contributed by atoms with E-state index < -0.39 is 17.6 Å². The van der Waals surface area contributed by atoms with Crippen LogP contribution < -0.4 is 10.6 Å². The average Bonchev–Trinajstić information content (AvgIpc) is 2.70. The maximum atomic E-state index is 13.1. The Bertz CT molecular complexity index is 741. The normalized spacial score (nSPS) is 17.9. The van der Waals surface area contributed by atoms with Gasteiger partial charge in [-0.3, -0.25) is 4.79 Å². The van der Waals surface area contributed by atoms with Gasteiger partial charge in [0.15, 0.2) is 0 Å². The van der Waals surface area contributed by atoms with Gasteiger partial charge in [-0.25, -0.2) is 0 Å². The van der Waals surface area contributed by atoms with Crippen LogP contribution in [-0.4, -0.2) is 11.9 Å². The molecule has 0 heterocycles. The van der Waals surface area contributed by atoms with Crippen molar-refractivity contribution in [2.45, 2.75) is 82.8 Å². The Hall–Kier alpha value is -2.49. The highest BCUT2D eigenvalue weighted by Crippen LogP contribution is 2.34. The van der Waals surface area contributed by atoms with Gasteiger partial charge < -0.3 is 10.6 Å². The summed E-state index contributed by atoms with van der Waals surface area (Å²) in [5.41, 5.74) is -1.28. The van der Waals surface area contributed by atoms with Crippen LogP contribution in [0.3, 0.4) is 0 Å². The SMILES string of the molecule is N#C/C(=C/Nc1ccccc1C(F)(F)F)C(=O)NC1CCCCCCCCCCC1. The topological polar surface area (TPSA) is 64.9 Å². The van der Waals surface area contributed by atoms with Crippen LogP contribution in [0.25, 0.3) is 0 Å². The Labute approximate surface area is 176 Å². The molecule has 0 saturated heterocycles. The highest BCUT2D eigenvalue weighted by molar-refractivity contribution is 5.97. The molecule has 0 unspecified atom stereocenters. The van der Waals surface area contributed by atoms with Gasteiger partial charge in [-0.15, -0.1) is 0 Å². The van der Waals surface area contributed by atoms with Crippen molar-refractivity contribution in [2.75, 3.05) is 5.32 Å². The van der Waals surface area contributed by atoms with Crippen LogP contribution in [-0.2, 0) is 11.0 Å². The summed E-state index contributed by atoms with van der Waals surface area (Å²) in [6.07, 6.45) is 8.74. The molecule has 7 heteroatoms. The van der Waals surface area contributed by atoms with Crippen LogP contribution in [0.4, 0.5) is 18.9 Å². The van der Waals surface area contributed by atoms with E-state index in [1.165, 1.54) is 50.3 Å². The number of halogens is 3. The smallest absolute Gasteiger partial charge is 0.360 e. The molecule has 0 aliphatic heterocycles. The molecule has 1 aliphatic carbocycles. The number of hydrogen-bond acceptors (Lipinski definition) is 3. The third kappa shape index (κ3) is 8.10. The maximum absolute atomic E-state index is 13.1. The van der Waals surface area contributed by atoms with Crippen LogP contribution in [0.5, 0.6) is 0 Å². The number of benzene rings is 1. The Morgan fingerprint density at radius 3 is 2.03 bits per heavy atom. The van der Waals surface area contributed by atoms with E-state index >= 15 is 0 Å². The zero-order chi connectivity index (χ0) is 21.8.